The van der Waals surface area contributed by atoms with Crippen molar-refractivity contribution in [2.24, 2.45) is 0 Å². The molecule has 24 heavy (non-hydrogen) atoms. The first-order chi connectivity index (χ1) is 11.6. The maximum atomic E-state index is 5.72. The lowest BCUT2D eigenvalue weighted by Gasteiger charge is -2.49. The van der Waals surface area contributed by atoms with Gasteiger partial charge in [-0.1, -0.05) is 19.1 Å². The molecule has 1 aliphatic carbocycles. The first kappa shape index (κ1) is 16.8. The summed E-state index contributed by atoms with van der Waals surface area (Å²) in [6.45, 7) is 3.45. The Morgan fingerprint density at radius 2 is 2.12 bits per heavy atom. The number of likely N-dealkylation sites (tertiary alicyclic amines) is 1. The summed E-state index contributed by atoms with van der Waals surface area (Å²) in [6.07, 6.45) is 9.35. The summed E-state index contributed by atoms with van der Waals surface area (Å²) in [5.41, 5.74) is 3.21. The lowest BCUT2D eigenvalue weighted by atomic mass is 9.62. The summed E-state index contributed by atoms with van der Waals surface area (Å²) in [4.78, 5) is 2.65. The van der Waals surface area contributed by atoms with Crippen molar-refractivity contribution in [3.05, 3.63) is 29.3 Å². The van der Waals surface area contributed by atoms with E-state index in [9.17, 15) is 0 Å². The van der Waals surface area contributed by atoms with Gasteiger partial charge in [-0.25, -0.2) is 0 Å². The van der Waals surface area contributed by atoms with Gasteiger partial charge in [0.25, 0.3) is 0 Å². The van der Waals surface area contributed by atoms with Crippen LogP contribution in [0.5, 0.6) is 5.75 Å². The SMILES string of the molecule is CCc1ccc(C23CCN(C)C2CC2(CCCS2)CC3)cc1OC. The van der Waals surface area contributed by atoms with E-state index in [0.717, 1.165) is 12.2 Å². The number of rotatable bonds is 3. The molecule has 0 amide bonds. The maximum absolute atomic E-state index is 5.72. The van der Waals surface area contributed by atoms with Gasteiger partial charge in [-0.05, 0) is 81.5 Å². The minimum absolute atomic E-state index is 0.350. The molecule has 1 aromatic carbocycles. The first-order valence-corrected chi connectivity index (χ1v) is 10.6. The number of fused-ring (bicyclic) bond motifs is 1. The minimum atomic E-state index is 0.350. The van der Waals surface area contributed by atoms with Crippen molar-refractivity contribution in [3.63, 3.8) is 0 Å². The van der Waals surface area contributed by atoms with Crippen LogP contribution in [0.2, 0.25) is 0 Å². The monoisotopic (exact) mass is 345 g/mol. The van der Waals surface area contributed by atoms with Gasteiger partial charge in [-0.3, -0.25) is 0 Å². The number of methoxy groups -OCH3 is 1. The van der Waals surface area contributed by atoms with E-state index in [1.165, 1.54) is 61.9 Å². The number of aryl methyl sites for hydroxylation is 1. The fourth-order valence-electron chi connectivity index (χ4n) is 5.61. The topological polar surface area (TPSA) is 12.5 Å². The second kappa shape index (κ2) is 6.25. The Bertz CT molecular complexity index is 610. The third-order valence-corrected chi connectivity index (χ3v) is 8.78. The molecule has 2 aliphatic heterocycles. The molecule has 1 aromatic rings. The van der Waals surface area contributed by atoms with Crippen LogP contribution in [0.4, 0.5) is 0 Å². The Morgan fingerprint density at radius 1 is 1.25 bits per heavy atom. The third-order valence-electron chi connectivity index (χ3n) is 7.10. The molecule has 0 N–H and O–H groups in total. The largest absolute Gasteiger partial charge is 0.496 e. The van der Waals surface area contributed by atoms with Crippen LogP contribution in [0.15, 0.2) is 18.2 Å². The van der Waals surface area contributed by atoms with Gasteiger partial charge in [-0.2, -0.15) is 11.8 Å². The van der Waals surface area contributed by atoms with Gasteiger partial charge in [0.2, 0.25) is 0 Å². The average Bonchev–Trinajstić information content (AvgIpc) is 3.21. The number of benzene rings is 1. The van der Waals surface area contributed by atoms with E-state index in [1.54, 1.807) is 0 Å². The summed E-state index contributed by atoms with van der Waals surface area (Å²) in [7, 11) is 4.17. The van der Waals surface area contributed by atoms with Crippen molar-refractivity contribution >= 4 is 11.8 Å². The Kier molecular flexibility index (Phi) is 4.37. The zero-order chi connectivity index (χ0) is 16.8. The summed E-state index contributed by atoms with van der Waals surface area (Å²) in [5, 5.41) is 0. The molecule has 3 atom stereocenters. The smallest absolute Gasteiger partial charge is 0.122 e. The van der Waals surface area contributed by atoms with Crippen LogP contribution < -0.4 is 4.74 Å². The molecule has 132 valence electrons. The van der Waals surface area contributed by atoms with E-state index < -0.39 is 0 Å². The summed E-state index contributed by atoms with van der Waals surface area (Å²) in [6, 6.07) is 7.79. The Morgan fingerprint density at radius 3 is 2.83 bits per heavy atom. The van der Waals surface area contributed by atoms with Crippen LogP contribution in [0, 0.1) is 0 Å². The molecule has 2 saturated heterocycles. The van der Waals surface area contributed by atoms with Gasteiger partial charge >= 0.3 is 0 Å². The van der Waals surface area contributed by atoms with Crippen molar-refractivity contribution in [1.29, 1.82) is 0 Å². The van der Waals surface area contributed by atoms with E-state index >= 15 is 0 Å². The average molecular weight is 346 g/mol. The normalized spacial score (nSPS) is 36.2. The van der Waals surface area contributed by atoms with Crippen molar-refractivity contribution in [3.8, 4) is 5.75 Å². The molecular formula is C21H31NOS. The molecule has 0 bridgehead atoms. The van der Waals surface area contributed by atoms with E-state index in [1.807, 2.05) is 7.11 Å². The fourth-order valence-corrected chi connectivity index (χ4v) is 7.14. The number of hydrogen-bond acceptors (Lipinski definition) is 3. The molecule has 3 heteroatoms. The number of hydrogen-bond donors (Lipinski definition) is 0. The van der Waals surface area contributed by atoms with Gasteiger partial charge in [0, 0.05) is 16.2 Å². The Hall–Kier alpha value is -0.670. The van der Waals surface area contributed by atoms with E-state index in [-0.39, 0.29) is 0 Å². The zero-order valence-electron chi connectivity index (χ0n) is 15.4. The molecule has 3 fully saturated rings. The van der Waals surface area contributed by atoms with E-state index in [4.69, 9.17) is 4.74 Å². The number of likely N-dealkylation sites (N-methyl/N-ethyl adjacent to an activating group) is 1. The minimum Gasteiger partial charge on any atom is -0.496 e. The summed E-state index contributed by atoms with van der Waals surface area (Å²) in [5.74, 6) is 2.47. The quantitative estimate of drug-likeness (QED) is 0.791. The van der Waals surface area contributed by atoms with E-state index in [2.05, 4.69) is 48.8 Å². The highest BCUT2D eigenvalue weighted by atomic mass is 32.2. The van der Waals surface area contributed by atoms with Gasteiger partial charge in [0.15, 0.2) is 0 Å². The standard InChI is InChI=1S/C21H31NOS/c1-4-16-6-7-17(14-18(16)23-3)21-10-9-20(8-5-13-24-20)15-19(21)22(2)12-11-21/h6-7,14,19H,4-5,8-13,15H2,1-3H3. The van der Waals surface area contributed by atoms with E-state index in [0.29, 0.717) is 16.2 Å². The van der Waals surface area contributed by atoms with Crippen molar-refractivity contribution < 1.29 is 4.74 Å². The van der Waals surface area contributed by atoms with Gasteiger partial charge < -0.3 is 9.64 Å². The van der Waals surface area contributed by atoms with Crippen LogP contribution in [0.1, 0.15) is 56.6 Å². The molecule has 2 heterocycles. The van der Waals surface area contributed by atoms with Crippen LogP contribution in [0.25, 0.3) is 0 Å². The fraction of sp³-hybridized carbons (Fsp3) is 0.714. The first-order valence-electron chi connectivity index (χ1n) is 9.64. The number of thioether (sulfide) groups is 1. The number of nitrogens with zero attached hydrogens (tertiary/aromatic N) is 1. The lowest BCUT2D eigenvalue weighted by molar-refractivity contribution is 0.153. The third kappa shape index (κ3) is 2.50. The molecule has 1 saturated carbocycles. The molecule has 3 unspecified atom stereocenters. The highest BCUT2D eigenvalue weighted by Gasteiger charge is 2.55. The summed E-state index contributed by atoms with van der Waals surface area (Å²) >= 11 is 2.27. The van der Waals surface area contributed by atoms with Crippen LogP contribution in [-0.2, 0) is 11.8 Å². The Balaban J connectivity index is 1.70. The van der Waals surface area contributed by atoms with Gasteiger partial charge in [0.1, 0.15) is 5.75 Å². The predicted molar refractivity (Wildman–Crippen MR) is 103 cm³/mol. The highest BCUT2D eigenvalue weighted by molar-refractivity contribution is 8.00. The second-order valence-corrected chi connectivity index (χ2v) is 9.68. The van der Waals surface area contributed by atoms with Crippen molar-refractivity contribution in [2.75, 3.05) is 26.5 Å². The van der Waals surface area contributed by atoms with Gasteiger partial charge in [-0.15, -0.1) is 0 Å². The lowest BCUT2D eigenvalue weighted by Crippen LogP contribution is -2.50. The predicted octanol–water partition coefficient (Wildman–Crippen LogP) is 4.65. The molecule has 1 spiro atoms. The molecule has 0 aromatic heterocycles. The van der Waals surface area contributed by atoms with Crippen molar-refractivity contribution in [2.45, 2.75) is 68.1 Å². The van der Waals surface area contributed by atoms with Crippen LogP contribution >= 0.6 is 11.8 Å². The number of ether oxygens (including phenoxy) is 1. The molecule has 4 rings (SSSR count). The van der Waals surface area contributed by atoms with Crippen LogP contribution in [-0.4, -0.2) is 42.1 Å². The summed E-state index contributed by atoms with van der Waals surface area (Å²) < 4.78 is 6.30. The highest BCUT2D eigenvalue weighted by Crippen LogP contribution is 2.58. The zero-order valence-corrected chi connectivity index (χ0v) is 16.3. The molecule has 2 nitrogen and oxygen atoms in total. The van der Waals surface area contributed by atoms with Crippen LogP contribution in [0.3, 0.4) is 0 Å². The Labute approximate surface area is 151 Å². The maximum Gasteiger partial charge on any atom is 0.122 e. The molecular weight excluding hydrogens is 314 g/mol. The van der Waals surface area contributed by atoms with Crippen molar-refractivity contribution in [1.82, 2.24) is 4.90 Å². The van der Waals surface area contributed by atoms with Gasteiger partial charge in [0.05, 0.1) is 7.11 Å². The molecule has 3 aliphatic rings. The molecule has 0 radical (unpaired) electrons. The second-order valence-electron chi connectivity index (χ2n) is 8.12.